The van der Waals surface area contributed by atoms with Crippen LogP contribution in [0.15, 0.2) is 0 Å². The summed E-state index contributed by atoms with van der Waals surface area (Å²) in [6.07, 6.45) is 1.33. The fourth-order valence-electron chi connectivity index (χ4n) is 2.53. The molecule has 22 heavy (non-hydrogen) atoms. The van der Waals surface area contributed by atoms with Crippen LogP contribution in [0.5, 0.6) is 0 Å². The lowest BCUT2D eigenvalue weighted by Gasteiger charge is -2.25. The van der Waals surface area contributed by atoms with Crippen LogP contribution in [0.1, 0.15) is 26.7 Å². The summed E-state index contributed by atoms with van der Waals surface area (Å²) in [5, 5.41) is 0. The van der Waals surface area contributed by atoms with E-state index >= 15 is 0 Å². The van der Waals surface area contributed by atoms with E-state index in [4.69, 9.17) is 5.73 Å². The number of amides is 2. The number of nitrogens with two attached hydrogens (primary N) is 1. The van der Waals surface area contributed by atoms with Gasteiger partial charge in [-0.05, 0) is 20.3 Å². The molecule has 132 valence electrons. The van der Waals surface area contributed by atoms with E-state index in [1.807, 2.05) is 23.6 Å². The van der Waals surface area contributed by atoms with Gasteiger partial charge < -0.3 is 15.5 Å². The lowest BCUT2D eigenvalue weighted by atomic mass is 10.3. The molecule has 0 aliphatic carbocycles. The first-order valence-corrected chi connectivity index (χ1v) is 7.60. The molecule has 2 N–H and O–H groups in total. The molecule has 1 saturated heterocycles. The van der Waals surface area contributed by atoms with Gasteiger partial charge in [0.1, 0.15) is 0 Å². The number of nitrogens with zero attached hydrogens (tertiary/aromatic N) is 3. The van der Waals surface area contributed by atoms with E-state index < -0.39 is 0 Å². The van der Waals surface area contributed by atoms with Crippen LogP contribution in [0.25, 0.3) is 0 Å². The van der Waals surface area contributed by atoms with Crippen LogP contribution in [-0.2, 0) is 9.59 Å². The Labute approximate surface area is 146 Å². The van der Waals surface area contributed by atoms with E-state index in [1.165, 1.54) is 0 Å². The minimum Gasteiger partial charge on any atom is -0.342 e. The molecule has 6 nitrogen and oxygen atoms in total. The average Bonchev–Trinajstić information content (AvgIpc) is 2.66. The Hall–Kier alpha value is -0.560. The number of hydrogen-bond acceptors (Lipinski definition) is 4. The molecule has 1 aliphatic heterocycles. The molecule has 0 bridgehead atoms. The van der Waals surface area contributed by atoms with Crippen molar-refractivity contribution in [2.75, 3.05) is 52.4 Å². The third kappa shape index (κ3) is 7.63. The van der Waals surface area contributed by atoms with Crippen molar-refractivity contribution in [2.24, 2.45) is 5.73 Å². The Balaban J connectivity index is 0. The molecule has 2 amide bonds. The maximum Gasteiger partial charge on any atom is 0.236 e. The molecule has 0 unspecified atom stereocenters. The van der Waals surface area contributed by atoms with Gasteiger partial charge in [0, 0.05) is 52.2 Å². The number of halogens is 2. The van der Waals surface area contributed by atoms with Gasteiger partial charge >= 0.3 is 0 Å². The zero-order valence-corrected chi connectivity index (χ0v) is 15.3. The third-order valence-electron chi connectivity index (χ3n) is 3.77. The van der Waals surface area contributed by atoms with Crippen molar-refractivity contribution < 1.29 is 9.59 Å². The molecule has 1 rings (SSSR count). The standard InChI is InChI=1S/C14H28N4O2.2ClH/c1-3-17(4-2)14(20)12-16-8-5-9-18(11-10-16)13(19)6-7-15;;/h3-12,15H2,1-2H3;2*1H. The second-order valence-corrected chi connectivity index (χ2v) is 5.12. The molecule has 8 heteroatoms. The van der Waals surface area contributed by atoms with Gasteiger partial charge in [-0.1, -0.05) is 0 Å². The summed E-state index contributed by atoms with van der Waals surface area (Å²) in [5.74, 6) is 0.307. The van der Waals surface area contributed by atoms with E-state index in [2.05, 4.69) is 4.90 Å². The first-order valence-electron chi connectivity index (χ1n) is 7.60. The maximum absolute atomic E-state index is 12.1. The lowest BCUT2D eigenvalue weighted by Crippen LogP contribution is -2.42. The van der Waals surface area contributed by atoms with E-state index in [1.54, 1.807) is 0 Å². The smallest absolute Gasteiger partial charge is 0.236 e. The van der Waals surface area contributed by atoms with Gasteiger partial charge in [-0.3, -0.25) is 14.5 Å². The Morgan fingerprint density at radius 3 is 2.23 bits per heavy atom. The van der Waals surface area contributed by atoms with E-state index in [0.717, 1.165) is 39.1 Å². The summed E-state index contributed by atoms with van der Waals surface area (Å²) < 4.78 is 0. The van der Waals surface area contributed by atoms with Crippen LogP contribution in [-0.4, -0.2) is 78.9 Å². The molecular formula is C14H30Cl2N4O2. The van der Waals surface area contributed by atoms with Gasteiger partial charge in [-0.25, -0.2) is 0 Å². The molecule has 1 aliphatic rings. The quantitative estimate of drug-likeness (QED) is 0.755. The molecule has 0 radical (unpaired) electrons. The summed E-state index contributed by atoms with van der Waals surface area (Å²) in [6.45, 7) is 9.48. The average molecular weight is 357 g/mol. The van der Waals surface area contributed by atoms with Crippen LogP contribution < -0.4 is 5.73 Å². The van der Waals surface area contributed by atoms with Gasteiger partial charge in [0.15, 0.2) is 0 Å². The van der Waals surface area contributed by atoms with Crippen LogP contribution in [0.3, 0.4) is 0 Å². The molecule has 0 aromatic carbocycles. The highest BCUT2D eigenvalue weighted by molar-refractivity contribution is 5.85. The first kappa shape index (κ1) is 23.7. The molecule has 0 aromatic heterocycles. The summed E-state index contributed by atoms with van der Waals surface area (Å²) in [4.78, 5) is 29.8. The largest absolute Gasteiger partial charge is 0.342 e. The SMILES string of the molecule is CCN(CC)C(=O)CN1CCCN(C(=O)CCN)CC1.Cl.Cl. The summed E-state index contributed by atoms with van der Waals surface area (Å²) in [6, 6.07) is 0. The first-order chi connectivity index (χ1) is 9.62. The minimum atomic E-state index is 0. The Kier molecular flexibility index (Phi) is 13.9. The normalized spacial score (nSPS) is 15.3. The Bertz CT molecular complexity index is 328. The van der Waals surface area contributed by atoms with Gasteiger partial charge in [0.2, 0.25) is 11.8 Å². The zero-order chi connectivity index (χ0) is 15.0. The highest BCUT2D eigenvalue weighted by atomic mass is 35.5. The van der Waals surface area contributed by atoms with Crippen LogP contribution in [0.4, 0.5) is 0 Å². The van der Waals surface area contributed by atoms with Gasteiger partial charge in [-0.2, -0.15) is 0 Å². The monoisotopic (exact) mass is 356 g/mol. The third-order valence-corrected chi connectivity index (χ3v) is 3.77. The number of likely N-dealkylation sites (N-methyl/N-ethyl adjacent to an activating group) is 1. The van der Waals surface area contributed by atoms with Crippen LogP contribution in [0.2, 0.25) is 0 Å². The van der Waals surface area contributed by atoms with E-state index in [-0.39, 0.29) is 36.6 Å². The van der Waals surface area contributed by atoms with Gasteiger partial charge in [0.05, 0.1) is 6.54 Å². The van der Waals surface area contributed by atoms with Crippen molar-refractivity contribution in [1.29, 1.82) is 0 Å². The molecule has 1 fully saturated rings. The maximum atomic E-state index is 12.1. The van der Waals surface area contributed by atoms with Crippen molar-refractivity contribution in [3.63, 3.8) is 0 Å². The Morgan fingerprint density at radius 2 is 1.68 bits per heavy atom. The topological polar surface area (TPSA) is 69.9 Å². The molecule has 0 spiro atoms. The highest BCUT2D eigenvalue weighted by Gasteiger charge is 2.21. The lowest BCUT2D eigenvalue weighted by molar-refractivity contribution is -0.132. The molecule has 0 saturated carbocycles. The highest BCUT2D eigenvalue weighted by Crippen LogP contribution is 2.05. The van der Waals surface area contributed by atoms with Crippen molar-refractivity contribution in [3.8, 4) is 0 Å². The fourth-order valence-corrected chi connectivity index (χ4v) is 2.53. The van der Waals surface area contributed by atoms with Crippen molar-refractivity contribution in [2.45, 2.75) is 26.7 Å². The van der Waals surface area contributed by atoms with Crippen molar-refractivity contribution in [3.05, 3.63) is 0 Å². The van der Waals surface area contributed by atoms with E-state index in [0.29, 0.717) is 26.1 Å². The molecular weight excluding hydrogens is 327 g/mol. The number of carbonyl (C=O) groups is 2. The summed E-state index contributed by atoms with van der Waals surface area (Å²) >= 11 is 0. The summed E-state index contributed by atoms with van der Waals surface area (Å²) in [7, 11) is 0. The van der Waals surface area contributed by atoms with Gasteiger partial charge in [0.25, 0.3) is 0 Å². The molecule has 0 aromatic rings. The second-order valence-electron chi connectivity index (χ2n) is 5.12. The molecule has 1 heterocycles. The predicted molar refractivity (Wildman–Crippen MR) is 93.7 cm³/mol. The van der Waals surface area contributed by atoms with Gasteiger partial charge in [-0.15, -0.1) is 24.8 Å². The number of rotatable bonds is 6. The minimum absolute atomic E-state index is 0. The number of hydrogen-bond donors (Lipinski definition) is 1. The molecule has 0 atom stereocenters. The second kappa shape index (κ2) is 12.9. The van der Waals surface area contributed by atoms with Crippen LogP contribution >= 0.6 is 24.8 Å². The van der Waals surface area contributed by atoms with Crippen molar-refractivity contribution >= 4 is 36.6 Å². The summed E-state index contributed by atoms with van der Waals surface area (Å²) in [5.41, 5.74) is 5.42. The fraction of sp³-hybridized carbons (Fsp3) is 0.857. The Morgan fingerprint density at radius 1 is 1.05 bits per heavy atom. The van der Waals surface area contributed by atoms with Crippen LogP contribution in [0, 0.1) is 0 Å². The number of carbonyl (C=O) groups excluding carboxylic acids is 2. The zero-order valence-electron chi connectivity index (χ0n) is 13.6. The predicted octanol–water partition coefficient (Wildman–Crippen LogP) is 0.581. The van der Waals surface area contributed by atoms with E-state index in [9.17, 15) is 9.59 Å². The van der Waals surface area contributed by atoms with Crippen molar-refractivity contribution in [1.82, 2.24) is 14.7 Å².